The van der Waals surface area contributed by atoms with E-state index < -0.39 is 5.97 Å². The molecule has 0 aromatic carbocycles. The van der Waals surface area contributed by atoms with E-state index in [0.29, 0.717) is 6.61 Å². The Labute approximate surface area is 112 Å². The van der Waals surface area contributed by atoms with Crippen molar-refractivity contribution in [2.45, 2.75) is 33.1 Å². The van der Waals surface area contributed by atoms with Gasteiger partial charge in [0.2, 0.25) is 0 Å². The maximum atomic E-state index is 11.6. The lowest BCUT2D eigenvalue weighted by molar-refractivity contribution is -0.138. The molecule has 0 aliphatic rings. The van der Waals surface area contributed by atoms with Gasteiger partial charge < -0.3 is 4.74 Å². The van der Waals surface area contributed by atoms with Gasteiger partial charge in [-0.3, -0.25) is 4.79 Å². The number of esters is 1. The Hall–Kier alpha value is -1.60. The van der Waals surface area contributed by atoms with Crippen molar-refractivity contribution >= 4 is 23.4 Å². The maximum Gasteiger partial charge on any atom is 0.336 e. The van der Waals surface area contributed by atoms with Crippen LogP contribution in [0.3, 0.4) is 0 Å². The van der Waals surface area contributed by atoms with Crippen molar-refractivity contribution in [2.75, 3.05) is 6.61 Å². The third kappa shape index (κ3) is 4.72. The molecule has 0 N–H and O–H groups in total. The minimum Gasteiger partial charge on any atom is -0.471 e. The number of carbonyl (C=O) groups excluding carboxylic acids is 1. The van der Waals surface area contributed by atoms with Crippen molar-refractivity contribution in [3.63, 3.8) is 0 Å². The first-order valence-corrected chi connectivity index (χ1v) is 6.81. The molecule has 0 atom stereocenters. The summed E-state index contributed by atoms with van der Waals surface area (Å²) in [4.78, 5) is 16.9. The van der Waals surface area contributed by atoms with Crippen LogP contribution in [0.1, 0.15) is 35.9 Å². The number of ether oxygens (including phenoxy) is 1. The maximum absolute atomic E-state index is 11.6. The number of aryl methyl sites for hydroxylation is 1. The molecule has 0 spiro atoms. The lowest BCUT2D eigenvalue weighted by atomic mass is 10.3. The summed E-state index contributed by atoms with van der Waals surface area (Å²) in [5.41, 5.74) is 0.0494. The third-order valence-corrected chi connectivity index (χ3v) is 3.30. The number of hydrogen-bond acceptors (Lipinski definition) is 3. The minimum absolute atomic E-state index is 0.0494. The van der Waals surface area contributed by atoms with Crippen LogP contribution in [0, 0.1) is 13.5 Å². The van der Waals surface area contributed by atoms with E-state index >= 15 is 0 Å². The largest absolute Gasteiger partial charge is 0.471 e. The van der Waals surface area contributed by atoms with E-state index in [0.717, 1.165) is 29.0 Å². The number of hydrogen-bond donors (Lipinski definition) is 0. The van der Waals surface area contributed by atoms with Crippen LogP contribution in [0.5, 0.6) is 0 Å². The first-order chi connectivity index (χ1) is 8.67. The normalized spacial score (nSPS) is 11.1. The average molecular weight is 263 g/mol. The van der Waals surface area contributed by atoms with E-state index in [9.17, 15) is 4.79 Å². The molecule has 0 amide bonds. The highest BCUT2D eigenvalue weighted by Gasteiger charge is 2.11. The second-order valence-corrected chi connectivity index (χ2v) is 5.25. The van der Waals surface area contributed by atoms with Crippen molar-refractivity contribution < 1.29 is 9.53 Å². The van der Waals surface area contributed by atoms with Gasteiger partial charge in [0.1, 0.15) is 0 Å². The molecule has 0 aliphatic heterocycles. The van der Waals surface area contributed by atoms with Gasteiger partial charge in [0.05, 0.1) is 13.2 Å². The topological polar surface area (TPSA) is 30.7 Å². The fraction of sp³-hybridized carbons (Fsp3) is 0.429. The predicted octanol–water partition coefficient (Wildman–Crippen LogP) is 4.05. The highest BCUT2D eigenvalue weighted by molar-refractivity contribution is 7.12. The van der Waals surface area contributed by atoms with E-state index in [2.05, 4.69) is 11.8 Å². The summed E-state index contributed by atoms with van der Waals surface area (Å²) < 4.78 is 5.06. The Bertz CT molecular complexity index is 468. The zero-order valence-electron chi connectivity index (χ0n) is 10.7. The Kier molecular flexibility index (Phi) is 6.16. The van der Waals surface area contributed by atoms with Crippen molar-refractivity contribution in [2.24, 2.45) is 0 Å². The molecule has 0 bridgehead atoms. The molecule has 96 valence electrons. The molecular weight excluding hydrogens is 246 g/mol. The molecule has 18 heavy (non-hydrogen) atoms. The number of unbranched alkanes of at least 4 members (excludes halogenated alkanes) is 2. The summed E-state index contributed by atoms with van der Waals surface area (Å²) in [6, 6.07) is 3.86. The molecule has 0 radical (unpaired) electrons. The van der Waals surface area contributed by atoms with Crippen LogP contribution >= 0.6 is 11.3 Å². The van der Waals surface area contributed by atoms with Gasteiger partial charge in [-0.15, -0.1) is 11.3 Å². The van der Waals surface area contributed by atoms with Gasteiger partial charge in [0, 0.05) is 9.75 Å². The highest BCUT2D eigenvalue weighted by Crippen LogP contribution is 2.19. The Morgan fingerprint density at radius 3 is 2.83 bits per heavy atom. The summed E-state index contributed by atoms with van der Waals surface area (Å²) in [5.74, 6) is -0.521. The summed E-state index contributed by atoms with van der Waals surface area (Å²) in [5, 5.41) is 0. The molecule has 1 aromatic rings. The first kappa shape index (κ1) is 14.5. The van der Waals surface area contributed by atoms with E-state index in [-0.39, 0.29) is 5.70 Å². The van der Waals surface area contributed by atoms with E-state index in [1.165, 1.54) is 0 Å². The fourth-order valence-electron chi connectivity index (χ4n) is 1.39. The number of thiophene rings is 1. The fourth-order valence-corrected chi connectivity index (χ4v) is 2.21. The highest BCUT2D eigenvalue weighted by atomic mass is 32.1. The second-order valence-electron chi connectivity index (χ2n) is 3.93. The standard InChI is InChI=1S/C14H17NO2S/c1-4-5-6-9-17-14(16)13(15-3)10-12-8-7-11(2)18-12/h7-8,10H,4-6,9H2,1-2H3. The lowest BCUT2D eigenvalue weighted by Crippen LogP contribution is -2.06. The molecule has 0 fully saturated rings. The van der Waals surface area contributed by atoms with Gasteiger partial charge in [-0.1, -0.05) is 19.8 Å². The molecule has 1 aromatic heterocycles. The SMILES string of the molecule is [C-]#[N+]C(=Cc1ccc(C)s1)C(=O)OCCCCC. The van der Waals surface area contributed by atoms with Crippen LogP contribution in [-0.4, -0.2) is 12.6 Å². The second kappa shape index (κ2) is 7.67. The van der Waals surface area contributed by atoms with Gasteiger partial charge in [-0.05, 0) is 31.6 Å². The number of rotatable bonds is 6. The van der Waals surface area contributed by atoms with Crippen LogP contribution in [-0.2, 0) is 9.53 Å². The zero-order chi connectivity index (χ0) is 13.4. The van der Waals surface area contributed by atoms with Gasteiger partial charge in [0.25, 0.3) is 5.70 Å². The first-order valence-electron chi connectivity index (χ1n) is 6.00. The van der Waals surface area contributed by atoms with Gasteiger partial charge in [-0.2, -0.15) is 0 Å². The summed E-state index contributed by atoms with van der Waals surface area (Å²) in [7, 11) is 0. The molecule has 0 aliphatic carbocycles. The predicted molar refractivity (Wildman–Crippen MR) is 74.1 cm³/mol. The van der Waals surface area contributed by atoms with Crippen LogP contribution < -0.4 is 0 Å². The number of carbonyl (C=O) groups is 1. The zero-order valence-corrected chi connectivity index (χ0v) is 11.5. The number of nitrogens with zero attached hydrogens (tertiary/aromatic N) is 1. The lowest BCUT2D eigenvalue weighted by Gasteiger charge is -2.02. The summed E-state index contributed by atoms with van der Waals surface area (Å²) >= 11 is 1.55. The molecule has 1 heterocycles. The quantitative estimate of drug-likeness (QED) is 0.335. The van der Waals surface area contributed by atoms with Crippen LogP contribution in [0.2, 0.25) is 0 Å². The monoisotopic (exact) mass is 263 g/mol. The molecule has 0 unspecified atom stereocenters. The third-order valence-electron chi connectivity index (χ3n) is 2.35. The van der Waals surface area contributed by atoms with E-state index in [4.69, 9.17) is 11.3 Å². The molecule has 4 heteroatoms. The van der Waals surface area contributed by atoms with Gasteiger partial charge >= 0.3 is 5.97 Å². The van der Waals surface area contributed by atoms with Crippen LogP contribution in [0.25, 0.3) is 10.9 Å². The molecule has 3 nitrogen and oxygen atoms in total. The Balaban J connectivity index is 2.58. The van der Waals surface area contributed by atoms with Gasteiger partial charge in [0.15, 0.2) is 0 Å². The molecule has 0 saturated heterocycles. The molecular formula is C14H17NO2S. The van der Waals surface area contributed by atoms with E-state index in [1.807, 2.05) is 19.1 Å². The van der Waals surface area contributed by atoms with E-state index in [1.54, 1.807) is 17.4 Å². The van der Waals surface area contributed by atoms with Crippen molar-refractivity contribution in [3.05, 3.63) is 39.0 Å². The van der Waals surface area contributed by atoms with Crippen LogP contribution in [0.4, 0.5) is 0 Å². The van der Waals surface area contributed by atoms with Crippen LogP contribution in [0.15, 0.2) is 17.8 Å². The Morgan fingerprint density at radius 2 is 2.28 bits per heavy atom. The Morgan fingerprint density at radius 1 is 1.50 bits per heavy atom. The van der Waals surface area contributed by atoms with Crippen molar-refractivity contribution in [3.8, 4) is 0 Å². The summed E-state index contributed by atoms with van der Waals surface area (Å²) in [6.07, 6.45) is 4.56. The molecule has 0 saturated carbocycles. The van der Waals surface area contributed by atoms with Gasteiger partial charge in [-0.25, -0.2) is 4.85 Å². The average Bonchev–Trinajstić information content (AvgIpc) is 2.77. The molecule has 1 rings (SSSR count). The van der Waals surface area contributed by atoms with Crippen molar-refractivity contribution in [1.29, 1.82) is 0 Å². The summed E-state index contributed by atoms with van der Waals surface area (Å²) in [6.45, 7) is 11.5. The smallest absolute Gasteiger partial charge is 0.336 e. The van der Waals surface area contributed by atoms with Crippen molar-refractivity contribution in [1.82, 2.24) is 0 Å². The minimum atomic E-state index is -0.521.